The Morgan fingerprint density at radius 1 is 1.14 bits per heavy atom. The summed E-state index contributed by atoms with van der Waals surface area (Å²) in [5.74, 6) is 1.09. The van der Waals surface area contributed by atoms with E-state index in [1.54, 1.807) is 17.7 Å². The van der Waals surface area contributed by atoms with E-state index in [-0.39, 0.29) is 0 Å². The number of nitrogens with zero attached hydrogens (tertiary/aromatic N) is 5. The fourth-order valence-electron chi connectivity index (χ4n) is 3.80. The van der Waals surface area contributed by atoms with Crippen molar-refractivity contribution in [3.63, 3.8) is 0 Å². The Morgan fingerprint density at radius 2 is 1.95 bits per heavy atom. The number of hydrogen-bond acceptors (Lipinski definition) is 6. The summed E-state index contributed by atoms with van der Waals surface area (Å²) in [5.41, 5.74) is 3.79. The quantitative estimate of drug-likeness (QED) is 0.690. The molecule has 22 heavy (non-hydrogen) atoms. The van der Waals surface area contributed by atoms with Crippen molar-refractivity contribution in [1.29, 1.82) is 0 Å². The molecule has 0 amide bonds. The van der Waals surface area contributed by atoms with Crippen molar-refractivity contribution in [1.82, 2.24) is 20.2 Å². The maximum Gasteiger partial charge on any atom is 0.150 e. The number of fused-ring (bicyclic) bond motifs is 3. The number of aryl methyl sites for hydroxylation is 2. The summed E-state index contributed by atoms with van der Waals surface area (Å²) >= 11 is 1.67. The van der Waals surface area contributed by atoms with Crippen molar-refractivity contribution < 1.29 is 0 Å². The molecule has 4 heterocycles. The highest BCUT2D eigenvalue weighted by Gasteiger charge is 2.48. The average Bonchev–Trinajstić information content (AvgIpc) is 2.80. The largest absolute Gasteiger partial charge is 0.354 e. The van der Waals surface area contributed by atoms with Gasteiger partial charge in [0.25, 0.3) is 0 Å². The van der Waals surface area contributed by atoms with Crippen LogP contribution in [0, 0.1) is 19.3 Å². The molecule has 1 saturated carbocycles. The maximum atomic E-state index is 4.58. The molecule has 5 rings (SSSR count). The predicted octanol–water partition coefficient (Wildman–Crippen LogP) is 3.24. The van der Waals surface area contributed by atoms with Crippen LogP contribution in [0.3, 0.4) is 0 Å². The van der Waals surface area contributed by atoms with Crippen molar-refractivity contribution in [2.45, 2.75) is 33.1 Å². The zero-order valence-electron chi connectivity index (χ0n) is 12.8. The van der Waals surface area contributed by atoms with Crippen molar-refractivity contribution >= 4 is 37.6 Å². The van der Waals surface area contributed by atoms with Crippen LogP contribution in [-0.4, -0.2) is 33.3 Å². The van der Waals surface area contributed by atoms with Gasteiger partial charge in [-0.1, -0.05) is 6.42 Å². The first-order valence-corrected chi connectivity index (χ1v) is 8.61. The molecule has 0 radical (unpaired) electrons. The van der Waals surface area contributed by atoms with E-state index in [1.165, 1.54) is 24.8 Å². The lowest BCUT2D eigenvalue weighted by Gasteiger charge is -2.56. The van der Waals surface area contributed by atoms with Gasteiger partial charge in [-0.3, -0.25) is 0 Å². The third-order valence-electron chi connectivity index (χ3n) is 5.41. The normalized spacial score (nSPS) is 19.6. The molecule has 0 unspecified atom stereocenters. The van der Waals surface area contributed by atoms with E-state index in [4.69, 9.17) is 0 Å². The molecule has 0 bridgehead atoms. The molecule has 2 fully saturated rings. The second kappa shape index (κ2) is 4.13. The minimum absolute atomic E-state index is 0.597. The predicted molar refractivity (Wildman–Crippen MR) is 88.5 cm³/mol. The highest BCUT2D eigenvalue weighted by Crippen LogP contribution is 2.50. The molecule has 5 nitrogen and oxygen atoms in total. The molecular weight excluding hydrogens is 294 g/mol. The molecule has 0 atom stereocenters. The molecule has 3 aromatic rings. The van der Waals surface area contributed by atoms with Gasteiger partial charge in [0.2, 0.25) is 0 Å². The maximum absolute atomic E-state index is 4.58. The smallest absolute Gasteiger partial charge is 0.150 e. The fourth-order valence-corrected chi connectivity index (χ4v) is 4.95. The van der Waals surface area contributed by atoms with Gasteiger partial charge in [-0.25, -0.2) is 9.97 Å². The van der Waals surface area contributed by atoms with Crippen LogP contribution < -0.4 is 4.90 Å². The van der Waals surface area contributed by atoms with Gasteiger partial charge >= 0.3 is 0 Å². The van der Waals surface area contributed by atoms with Crippen LogP contribution in [0.5, 0.6) is 0 Å². The van der Waals surface area contributed by atoms with E-state index in [0.717, 1.165) is 45.0 Å². The van der Waals surface area contributed by atoms with Crippen LogP contribution in [0.2, 0.25) is 0 Å². The number of thiophene rings is 1. The lowest BCUT2D eigenvalue weighted by atomic mass is 9.63. The SMILES string of the molecule is Cc1nnc2sc3c(N4CC5(CCC5)C4)ncnc3c2c1C. The standard InChI is InChI=1S/C16H17N5S/c1-9-10(2)19-20-15-11(9)12-13(22-15)14(18-8-17-12)21-6-16(7-21)4-3-5-16/h8H,3-7H2,1-2H3. The van der Waals surface area contributed by atoms with Gasteiger partial charge in [-0.2, -0.15) is 5.10 Å². The van der Waals surface area contributed by atoms with Crippen LogP contribution in [0.25, 0.3) is 20.4 Å². The summed E-state index contributed by atoms with van der Waals surface area (Å²) in [7, 11) is 0. The summed E-state index contributed by atoms with van der Waals surface area (Å²) < 4.78 is 1.16. The summed E-state index contributed by atoms with van der Waals surface area (Å²) in [5, 5.41) is 9.76. The molecule has 1 aliphatic carbocycles. The zero-order valence-corrected chi connectivity index (χ0v) is 13.6. The molecular formula is C16H17N5S. The number of hydrogen-bond donors (Lipinski definition) is 0. The molecule has 1 aliphatic heterocycles. The first kappa shape index (κ1) is 12.7. The van der Waals surface area contributed by atoms with Crippen LogP contribution in [0.1, 0.15) is 30.5 Å². The minimum atomic E-state index is 0.597. The van der Waals surface area contributed by atoms with E-state index in [9.17, 15) is 0 Å². The van der Waals surface area contributed by atoms with Crippen LogP contribution in [0.4, 0.5) is 5.82 Å². The lowest BCUT2D eigenvalue weighted by molar-refractivity contribution is 0.0899. The Bertz CT molecular complexity index is 904. The second-order valence-corrected chi connectivity index (χ2v) is 7.78. The molecule has 0 aromatic carbocycles. The first-order valence-electron chi connectivity index (χ1n) is 7.79. The fraction of sp³-hybridized carbons (Fsp3) is 0.500. The molecule has 3 aromatic heterocycles. The zero-order chi connectivity index (χ0) is 14.9. The van der Waals surface area contributed by atoms with Crippen LogP contribution >= 0.6 is 11.3 Å². The van der Waals surface area contributed by atoms with E-state index in [0.29, 0.717) is 5.41 Å². The van der Waals surface area contributed by atoms with Gasteiger partial charge in [0.05, 0.1) is 15.9 Å². The van der Waals surface area contributed by atoms with Gasteiger partial charge < -0.3 is 4.90 Å². The third kappa shape index (κ3) is 1.53. The second-order valence-electron chi connectivity index (χ2n) is 6.78. The Hall–Kier alpha value is -1.82. The summed E-state index contributed by atoms with van der Waals surface area (Å²) in [6, 6.07) is 0. The first-order chi connectivity index (χ1) is 10.7. The van der Waals surface area contributed by atoms with Gasteiger partial charge in [0.15, 0.2) is 0 Å². The topological polar surface area (TPSA) is 54.8 Å². The Labute approximate surface area is 132 Å². The molecule has 1 saturated heterocycles. The lowest BCUT2D eigenvalue weighted by Crippen LogP contribution is -2.60. The van der Waals surface area contributed by atoms with Crippen molar-refractivity contribution in [3.05, 3.63) is 17.6 Å². The van der Waals surface area contributed by atoms with Gasteiger partial charge in [-0.05, 0) is 32.3 Å². The van der Waals surface area contributed by atoms with Gasteiger partial charge in [-0.15, -0.1) is 16.4 Å². The van der Waals surface area contributed by atoms with Crippen molar-refractivity contribution in [3.8, 4) is 0 Å². The molecule has 0 N–H and O–H groups in total. The van der Waals surface area contributed by atoms with Crippen molar-refractivity contribution in [2.24, 2.45) is 5.41 Å². The molecule has 6 heteroatoms. The monoisotopic (exact) mass is 311 g/mol. The average molecular weight is 311 g/mol. The van der Waals surface area contributed by atoms with Gasteiger partial charge in [0.1, 0.15) is 17.0 Å². The number of aromatic nitrogens is 4. The molecule has 1 spiro atoms. The summed E-state index contributed by atoms with van der Waals surface area (Å²) in [4.78, 5) is 12.5. The molecule has 112 valence electrons. The van der Waals surface area contributed by atoms with Crippen LogP contribution in [-0.2, 0) is 0 Å². The minimum Gasteiger partial charge on any atom is -0.354 e. The van der Waals surface area contributed by atoms with E-state index < -0.39 is 0 Å². The van der Waals surface area contributed by atoms with Crippen molar-refractivity contribution in [2.75, 3.05) is 18.0 Å². The Kier molecular flexibility index (Phi) is 2.38. The summed E-state index contributed by atoms with van der Waals surface area (Å²) in [6.45, 7) is 6.41. The van der Waals surface area contributed by atoms with Gasteiger partial charge in [0, 0.05) is 23.9 Å². The molecule has 2 aliphatic rings. The highest BCUT2D eigenvalue weighted by molar-refractivity contribution is 7.26. The van der Waals surface area contributed by atoms with E-state index >= 15 is 0 Å². The van der Waals surface area contributed by atoms with E-state index in [1.807, 2.05) is 6.92 Å². The Morgan fingerprint density at radius 3 is 2.68 bits per heavy atom. The summed E-state index contributed by atoms with van der Waals surface area (Å²) in [6.07, 6.45) is 5.86. The van der Waals surface area contributed by atoms with Crippen LogP contribution in [0.15, 0.2) is 6.33 Å². The third-order valence-corrected chi connectivity index (χ3v) is 6.47. The number of anilines is 1. The number of rotatable bonds is 1. The Balaban J connectivity index is 1.68. The highest BCUT2D eigenvalue weighted by atomic mass is 32.1. The van der Waals surface area contributed by atoms with E-state index in [2.05, 4.69) is 32.0 Å².